The van der Waals surface area contributed by atoms with E-state index in [1.807, 2.05) is 36.5 Å². The molecule has 0 spiro atoms. The van der Waals surface area contributed by atoms with Crippen LogP contribution in [-0.2, 0) is 0 Å². The molecule has 116 valence electrons. The summed E-state index contributed by atoms with van der Waals surface area (Å²) in [5.74, 6) is -0.102. The molecule has 0 radical (unpaired) electrons. The molecule has 0 N–H and O–H groups in total. The highest BCUT2D eigenvalue weighted by Crippen LogP contribution is 2.21. The second-order valence-corrected chi connectivity index (χ2v) is 5.43. The summed E-state index contributed by atoms with van der Waals surface area (Å²) < 4.78 is 1.80. The van der Waals surface area contributed by atoms with Gasteiger partial charge in [0.15, 0.2) is 5.69 Å². The summed E-state index contributed by atoms with van der Waals surface area (Å²) in [6.07, 6.45) is 5.85. The first-order chi connectivity index (χ1) is 11.3. The van der Waals surface area contributed by atoms with Crippen LogP contribution in [0.5, 0.6) is 0 Å². The zero-order valence-corrected chi connectivity index (χ0v) is 12.4. The number of rotatable bonds is 3. The predicted molar refractivity (Wildman–Crippen MR) is 80.9 cm³/mol. The SMILES string of the molecule is O=C(c1cnn(-c2ccccc2)n1)N1CC[C@@H](n2ccnn2)C1. The highest BCUT2D eigenvalue weighted by atomic mass is 16.2. The number of likely N-dealkylation sites (tertiary alicyclic amines) is 1. The first-order valence-corrected chi connectivity index (χ1v) is 7.44. The van der Waals surface area contributed by atoms with Gasteiger partial charge in [-0.3, -0.25) is 4.79 Å². The largest absolute Gasteiger partial charge is 0.335 e. The predicted octanol–water partition coefficient (Wildman–Crippen LogP) is 0.946. The van der Waals surface area contributed by atoms with E-state index < -0.39 is 0 Å². The van der Waals surface area contributed by atoms with Gasteiger partial charge >= 0.3 is 0 Å². The topological polar surface area (TPSA) is 81.7 Å². The molecule has 3 heterocycles. The van der Waals surface area contributed by atoms with Crippen molar-refractivity contribution in [1.29, 1.82) is 0 Å². The molecule has 1 fully saturated rings. The first kappa shape index (κ1) is 13.6. The maximum absolute atomic E-state index is 12.6. The number of para-hydroxylation sites is 1. The minimum absolute atomic E-state index is 0.102. The number of benzene rings is 1. The third-order valence-corrected chi connectivity index (χ3v) is 3.96. The van der Waals surface area contributed by atoms with Crippen molar-refractivity contribution in [2.75, 3.05) is 13.1 Å². The van der Waals surface area contributed by atoms with E-state index in [-0.39, 0.29) is 11.9 Å². The van der Waals surface area contributed by atoms with Crippen LogP contribution >= 0.6 is 0 Å². The van der Waals surface area contributed by atoms with Crippen molar-refractivity contribution < 1.29 is 4.79 Å². The standard InChI is InChI=1S/C15H15N7O/c23-15(20-8-6-13(11-20)21-9-7-16-19-21)14-10-17-22(18-14)12-4-2-1-3-5-12/h1-5,7,9-10,13H,6,8,11H2/t13-/m1/s1. The molecule has 1 amide bonds. The summed E-state index contributed by atoms with van der Waals surface area (Å²) in [6.45, 7) is 1.29. The monoisotopic (exact) mass is 309 g/mol. The van der Waals surface area contributed by atoms with Crippen LogP contribution < -0.4 is 0 Å². The smallest absolute Gasteiger partial charge is 0.276 e. The quantitative estimate of drug-likeness (QED) is 0.719. The minimum Gasteiger partial charge on any atom is -0.335 e. The normalized spacial score (nSPS) is 17.6. The molecule has 23 heavy (non-hydrogen) atoms. The van der Waals surface area contributed by atoms with Gasteiger partial charge in [0.1, 0.15) is 0 Å². The molecule has 8 heteroatoms. The Bertz CT molecular complexity index is 796. The zero-order chi connectivity index (χ0) is 15.6. The lowest BCUT2D eigenvalue weighted by atomic mass is 10.3. The Kier molecular flexibility index (Phi) is 3.34. The summed E-state index contributed by atoms with van der Waals surface area (Å²) in [7, 11) is 0. The van der Waals surface area contributed by atoms with Crippen LogP contribution in [0.1, 0.15) is 23.0 Å². The van der Waals surface area contributed by atoms with Gasteiger partial charge in [0, 0.05) is 19.3 Å². The Balaban J connectivity index is 1.49. The number of carbonyl (C=O) groups excluding carboxylic acids is 1. The van der Waals surface area contributed by atoms with Gasteiger partial charge in [-0.25, -0.2) is 4.68 Å². The van der Waals surface area contributed by atoms with Crippen LogP contribution in [0.3, 0.4) is 0 Å². The Morgan fingerprint density at radius 2 is 2.09 bits per heavy atom. The van der Waals surface area contributed by atoms with E-state index in [4.69, 9.17) is 0 Å². The van der Waals surface area contributed by atoms with Crippen LogP contribution in [0.15, 0.2) is 48.9 Å². The Hall–Kier alpha value is -3.03. The number of aromatic nitrogens is 6. The Morgan fingerprint density at radius 3 is 2.87 bits per heavy atom. The molecule has 0 bridgehead atoms. The van der Waals surface area contributed by atoms with E-state index in [1.54, 1.807) is 15.8 Å². The van der Waals surface area contributed by atoms with Crippen molar-refractivity contribution in [2.24, 2.45) is 0 Å². The second kappa shape index (κ2) is 5.64. The van der Waals surface area contributed by atoms with Crippen LogP contribution in [0, 0.1) is 0 Å². The highest BCUT2D eigenvalue weighted by Gasteiger charge is 2.29. The van der Waals surface area contributed by atoms with E-state index in [0.29, 0.717) is 18.8 Å². The fourth-order valence-electron chi connectivity index (χ4n) is 2.76. The van der Waals surface area contributed by atoms with Crippen LogP contribution in [0.25, 0.3) is 5.69 Å². The van der Waals surface area contributed by atoms with Crippen LogP contribution in [-0.4, -0.2) is 53.9 Å². The summed E-state index contributed by atoms with van der Waals surface area (Å²) in [5.41, 5.74) is 1.18. The molecule has 0 unspecified atom stereocenters. The van der Waals surface area contributed by atoms with Crippen molar-refractivity contribution in [3.63, 3.8) is 0 Å². The molecule has 4 rings (SSSR count). The molecule has 1 atom stereocenters. The average Bonchev–Trinajstić information content (AvgIpc) is 3.35. The zero-order valence-electron chi connectivity index (χ0n) is 12.4. The van der Waals surface area contributed by atoms with Crippen molar-refractivity contribution >= 4 is 5.91 Å². The van der Waals surface area contributed by atoms with Gasteiger partial charge in [-0.2, -0.15) is 9.90 Å². The Morgan fingerprint density at radius 1 is 1.22 bits per heavy atom. The van der Waals surface area contributed by atoms with Gasteiger partial charge in [-0.1, -0.05) is 23.4 Å². The maximum Gasteiger partial charge on any atom is 0.276 e. The molecule has 2 aromatic heterocycles. The third-order valence-electron chi connectivity index (χ3n) is 3.96. The number of nitrogens with zero attached hydrogens (tertiary/aromatic N) is 7. The van der Waals surface area contributed by atoms with E-state index in [2.05, 4.69) is 20.5 Å². The number of amides is 1. The second-order valence-electron chi connectivity index (χ2n) is 5.43. The molecule has 1 aliphatic heterocycles. The lowest BCUT2D eigenvalue weighted by Crippen LogP contribution is -2.29. The minimum atomic E-state index is -0.102. The van der Waals surface area contributed by atoms with Gasteiger partial charge in [-0.15, -0.1) is 10.2 Å². The molecule has 0 saturated carbocycles. The van der Waals surface area contributed by atoms with Crippen molar-refractivity contribution in [3.8, 4) is 5.69 Å². The molecule has 8 nitrogen and oxygen atoms in total. The van der Waals surface area contributed by atoms with Gasteiger partial charge in [0.25, 0.3) is 5.91 Å². The maximum atomic E-state index is 12.6. The van der Waals surface area contributed by atoms with E-state index in [0.717, 1.165) is 12.1 Å². The Labute approximate surface area is 132 Å². The van der Waals surface area contributed by atoms with E-state index in [9.17, 15) is 4.79 Å². The van der Waals surface area contributed by atoms with Crippen molar-refractivity contribution in [3.05, 3.63) is 54.6 Å². The van der Waals surface area contributed by atoms with Crippen molar-refractivity contribution in [1.82, 2.24) is 34.9 Å². The number of hydrogen-bond donors (Lipinski definition) is 0. The lowest BCUT2D eigenvalue weighted by molar-refractivity contribution is 0.0780. The molecule has 1 aromatic carbocycles. The molecule has 1 saturated heterocycles. The number of carbonyl (C=O) groups is 1. The molecule has 0 aliphatic carbocycles. The van der Waals surface area contributed by atoms with Crippen molar-refractivity contribution in [2.45, 2.75) is 12.5 Å². The third kappa shape index (κ3) is 2.59. The average molecular weight is 309 g/mol. The molecule has 1 aliphatic rings. The van der Waals surface area contributed by atoms with Gasteiger partial charge in [0.2, 0.25) is 0 Å². The van der Waals surface area contributed by atoms with E-state index >= 15 is 0 Å². The fraction of sp³-hybridized carbons (Fsp3) is 0.267. The van der Waals surface area contributed by atoms with E-state index in [1.165, 1.54) is 11.0 Å². The van der Waals surface area contributed by atoms with Gasteiger partial charge in [-0.05, 0) is 18.6 Å². The fourth-order valence-corrected chi connectivity index (χ4v) is 2.76. The summed E-state index contributed by atoms with van der Waals surface area (Å²) in [5, 5.41) is 16.3. The number of hydrogen-bond acceptors (Lipinski definition) is 5. The summed E-state index contributed by atoms with van der Waals surface area (Å²) in [6, 6.07) is 9.70. The highest BCUT2D eigenvalue weighted by molar-refractivity contribution is 5.92. The van der Waals surface area contributed by atoms with Gasteiger partial charge < -0.3 is 4.90 Å². The summed E-state index contributed by atoms with van der Waals surface area (Å²) in [4.78, 5) is 15.8. The molecular weight excluding hydrogens is 294 g/mol. The lowest BCUT2D eigenvalue weighted by Gasteiger charge is -2.14. The van der Waals surface area contributed by atoms with Crippen LogP contribution in [0.4, 0.5) is 0 Å². The molecular formula is C15H15N7O. The summed E-state index contributed by atoms with van der Waals surface area (Å²) >= 11 is 0. The first-order valence-electron chi connectivity index (χ1n) is 7.44. The van der Waals surface area contributed by atoms with Crippen LogP contribution in [0.2, 0.25) is 0 Å². The molecule has 3 aromatic rings. The van der Waals surface area contributed by atoms with Gasteiger partial charge in [0.05, 0.1) is 24.1 Å².